The third-order valence-corrected chi connectivity index (χ3v) is 4.79. The van der Waals surface area contributed by atoms with Crippen molar-refractivity contribution in [1.29, 1.82) is 5.26 Å². The van der Waals surface area contributed by atoms with Crippen LogP contribution in [0.2, 0.25) is 0 Å². The van der Waals surface area contributed by atoms with Crippen LogP contribution in [0.15, 0.2) is 23.1 Å². The molecule has 0 saturated heterocycles. The Hall–Kier alpha value is -1.91. The Morgan fingerprint density at radius 3 is 2.60 bits per heavy atom. The van der Waals surface area contributed by atoms with Crippen LogP contribution >= 0.6 is 0 Å². The Morgan fingerprint density at radius 2 is 2.10 bits per heavy atom. The topological polar surface area (TPSA) is 98.5 Å². The van der Waals surface area contributed by atoms with Crippen LogP contribution in [0.3, 0.4) is 0 Å². The van der Waals surface area contributed by atoms with E-state index in [4.69, 9.17) is 10.4 Å². The predicted octanol–water partition coefficient (Wildman–Crippen LogP) is 1.48. The normalized spacial score (nSPS) is 11.3. The number of carbonyl (C=O) groups is 1. The Kier molecular flexibility index (Phi) is 5.25. The smallest absolute Gasteiger partial charge is 0.336 e. The number of nitriles is 1. The van der Waals surface area contributed by atoms with Gasteiger partial charge >= 0.3 is 5.97 Å². The molecule has 0 unspecified atom stereocenters. The van der Waals surface area contributed by atoms with Gasteiger partial charge in [-0.2, -0.15) is 9.57 Å². The van der Waals surface area contributed by atoms with Crippen molar-refractivity contribution in [2.24, 2.45) is 0 Å². The predicted molar refractivity (Wildman–Crippen MR) is 72.8 cm³/mol. The summed E-state index contributed by atoms with van der Waals surface area (Å²) in [5, 5.41) is 17.6. The highest BCUT2D eigenvalue weighted by molar-refractivity contribution is 7.89. The number of aromatic carboxylic acids is 1. The summed E-state index contributed by atoms with van der Waals surface area (Å²) in [5.41, 5.74) is 0.568. The lowest BCUT2D eigenvalue weighted by molar-refractivity contribution is 0.0695. The number of hydrogen-bond donors (Lipinski definition) is 1. The van der Waals surface area contributed by atoms with Gasteiger partial charge in [0.2, 0.25) is 10.0 Å². The molecule has 1 rings (SSSR count). The van der Waals surface area contributed by atoms with E-state index in [1.54, 1.807) is 6.92 Å². The molecule has 0 aliphatic carbocycles. The van der Waals surface area contributed by atoms with Crippen molar-refractivity contribution in [2.75, 3.05) is 13.6 Å². The fourth-order valence-electron chi connectivity index (χ4n) is 1.73. The molecule has 0 aliphatic rings. The molecule has 0 fully saturated rings. The number of benzene rings is 1. The molecule has 0 spiro atoms. The maximum Gasteiger partial charge on any atom is 0.336 e. The van der Waals surface area contributed by atoms with Crippen molar-refractivity contribution in [2.45, 2.75) is 24.7 Å². The fraction of sp³-hybridized carbons (Fsp3) is 0.385. The summed E-state index contributed by atoms with van der Waals surface area (Å²) in [6.45, 7) is 1.87. The van der Waals surface area contributed by atoms with Crippen LogP contribution in [0.4, 0.5) is 0 Å². The quantitative estimate of drug-likeness (QED) is 0.857. The number of sulfonamides is 1. The number of hydrogen-bond acceptors (Lipinski definition) is 4. The number of carboxylic acid groups (broad SMARTS) is 1. The van der Waals surface area contributed by atoms with Crippen molar-refractivity contribution in [3.05, 3.63) is 29.3 Å². The highest BCUT2D eigenvalue weighted by atomic mass is 32.2. The summed E-state index contributed by atoms with van der Waals surface area (Å²) in [7, 11) is -2.41. The molecule has 0 bridgehead atoms. The number of aryl methyl sites for hydroxylation is 1. The zero-order valence-corrected chi connectivity index (χ0v) is 12.1. The molecular formula is C13H16N2O4S. The van der Waals surface area contributed by atoms with E-state index in [0.29, 0.717) is 12.0 Å². The van der Waals surface area contributed by atoms with Gasteiger partial charge in [-0.15, -0.1) is 0 Å². The molecule has 6 nitrogen and oxygen atoms in total. The molecular weight excluding hydrogens is 280 g/mol. The summed E-state index contributed by atoms with van der Waals surface area (Å²) >= 11 is 0. The summed E-state index contributed by atoms with van der Waals surface area (Å²) in [6.07, 6.45) is 0.584. The van der Waals surface area contributed by atoms with Crippen LogP contribution in [-0.4, -0.2) is 37.4 Å². The first-order valence-corrected chi connectivity index (χ1v) is 7.48. The van der Waals surface area contributed by atoms with Gasteiger partial charge in [0.15, 0.2) is 0 Å². The van der Waals surface area contributed by atoms with Gasteiger partial charge < -0.3 is 5.11 Å². The molecule has 1 N–H and O–H groups in total. The molecule has 20 heavy (non-hydrogen) atoms. The minimum atomic E-state index is -3.77. The van der Waals surface area contributed by atoms with Crippen molar-refractivity contribution < 1.29 is 18.3 Å². The lowest BCUT2D eigenvalue weighted by Gasteiger charge is -2.16. The Bertz CT molecular complexity index is 647. The van der Waals surface area contributed by atoms with Gasteiger partial charge in [-0.05, 0) is 24.1 Å². The Balaban J connectivity index is 3.23. The number of nitrogens with zero attached hydrogens (tertiary/aromatic N) is 2. The zero-order valence-electron chi connectivity index (χ0n) is 11.3. The van der Waals surface area contributed by atoms with Crippen molar-refractivity contribution >= 4 is 16.0 Å². The second kappa shape index (κ2) is 6.50. The van der Waals surface area contributed by atoms with Gasteiger partial charge in [0.05, 0.1) is 16.5 Å². The molecule has 0 atom stereocenters. The molecule has 0 radical (unpaired) electrons. The molecule has 0 aromatic heterocycles. The van der Waals surface area contributed by atoms with E-state index in [9.17, 15) is 13.2 Å². The maximum atomic E-state index is 12.2. The highest BCUT2D eigenvalue weighted by Crippen LogP contribution is 2.20. The van der Waals surface area contributed by atoms with Crippen molar-refractivity contribution in [3.8, 4) is 6.07 Å². The molecule has 0 amide bonds. The molecule has 0 saturated carbocycles. The summed E-state index contributed by atoms with van der Waals surface area (Å²) < 4.78 is 25.5. The number of rotatable bonds is 6. The standard InChI is InChI=1S/C13H16N2O4S/c1-3-10-5-6-11(9-12(10)13(16)17)20(18,19)15(2)8-4-7-14/h5-6,9H,3-4,8H2,1-2H3,(H,16,17). The first kappa shape index (κ1) is 16.1. The molecule has 7 heteroatoms. The van der Waals surface area contributed by atoms with E-state index in [0.717, 1.165) is 4.31 Å². The van der Waals surface area contributed by atoms with Gasteiger partial charge in [-0.3, -0.25) is 0 Å². The number of carboxylic acids is 1. The minimum absolute atomic E-state index is 0.0118. The van der Waals surface area contributed by atoms with E-state index in [2.05, 4.69) is 0 Å². The van der Waals surface area contributed by atoms with Gasteiger partial charge in [-0.1, -0.05) is 13.0 Å². The highest BCUT2D eigenvalue weighted by Gasteiger charge is 2.22. The van der Waals surface area contributed by atoms with Crippen LogP contribution in [0.1, 0.15) is 29.3 Å². The zero-order chi connectivity index (χ0) is 15.3. The van der Waals surface area contributed by atoms with Crippen LogP contribution < -0.4 is 0 Å². The molecule has 1 aromatic rings. The van der Waals surface area contributed by atoms with Gasteiger partial charge in [0, 0.05) is 20.0 Å². The van der Waals surface area contributed by atoms with E-state index >= 15 is 0 Å². The molecule has 108 valence electrons. The third-order valence-electron chi connectivity index (χ3n) is 2.94. The van der Waals surface area contributed by atoms with E-state index in [1.165, 1.54) is 25.2 Å². The van der Waals surface area contributed by atoms with E-state index < -0.39 is 16.0 Å². The lowest BCUT2D eigenvalue weighted by atomic mass is 10.1. The first-order chi connectivity index (χ1) is 9.34. The lowest BCUT2D eigenvalue weighted by Crippen LogP contribution is -2.28. The molecule has 0 heterocycles. The second-order valence-corrected chi connectivity index (χ2v) is 6.26. The fourth-order valence-corrected chi connectivity index (χ4v) is 2.93. The SMILES string of the molecule is CCc1ccc(S(=O)(=O)N(C)CCC#N)cc1C(=O)O. The average Bonchev–Trinajstić information content (AvgIpc) is 2.43. The van der Waals surface area contributed by atoms with Gasteiger partial charge in [-0.25, -0.2) is 13.2 Å². The van der Waals surface area contributed by atoms with Crippen molar-refractivity contribution in [3.63, 3.8) is 0 Å². The van der Waals surface area contributed by atoms with Crippen LogP contribution in [-0.2, 0) is 16.4 Å². The summed E-state index contributed by atoms with van der Waals surface area (Å²) in [4.78, 5) is 11.1. The summed E-state index contributed by atoms with van der Waals surface area (Å²) in [6, 6.07) is 5.94. The van der Waals surface area contributed by atoms with Crippen LogP contribution in [0, 0.1) is 11.3 Å². The monoisotopic (exact) mass is 296 g/mol. The largest absolute Gasteiger partial charge is 0.478 e. The van der Waals surface area contributed by atoms with Gasteiger partial charge in [0.25, 0.3) is 0 Å². The molecule has 0 aliphatic heterocycles. The third kappa shape index (κ3) is 3.35. The average molecular weight is 296 g/mol. The van der Waals surface area contributed by atoms with E-state index in [-0.39, 0.29) is 23.4 Å². The van der Waals surface area contributed by atoms with E-state index in [1.807, 2.05) is 6.07 Å². The Morgan fingerprint density at radius 1 is 1.45 bits per heavy atom. The van der Waals surface area contributed by atoms with Crippen molar-refractivity contribution in [1.82, 2.24) is 4.31 Å². The first-order valence-electron chi connectivity index (χ1n) is 6.04. The maximum absolute atomic E-state index is 12.2. The van der Waals surface area contributed by atoms with Crippen LogP contribution in [0.5, 0.6) is 0 Å². The summed E-state index contributed by atoms with van der Waals surface area (Å²) in [5.74, 6) is -1.15. The Labute approximate surface area is 118 Å². The van der Waals surface area contributed by atoms with Gasteiger partial charge in [0.1, 0.15) is 0 Å². The minimum Gasteiger partial charge on any atom is -0.478 e. The van der Waals surface area contributed by atoms with Crippen LogP contribution in [0.25, 0.3) is 0 Å². The molecule has 1 aromatic carbocycles. The second-order valence-electron chi connectivity index (χ2n) is 4.21.